The molecule has 0 fully saturated rings. The minimum Gasteiger partial charge on any atom is -0.508 e. The Balaban J connectivity index is 1.86. The van der Waals surface area contributed by atoms with Gasteiger partial charge in [-0.25, -0.2) is 0 Å². The van der Waals surface area contributed by atoms with Gasteiger partial charge in [-0.3, -0.25) is 4.79 Å². The van der Waals surface area contributed by atoms with Gasteiger partial charge < -0.3 is 9.52 Å². The highest BCUT2D eigenvalue weighted by molar-refractivity contribution is 5.81. The third-order valence-corrected chi connectivity index (χ3v) is 4.70. The second-order valence-corrected chi connectivity index (χ2v) is 6.38. The number of phenolic OH excluding ortho intramolecular Hbond substituents is 1. The summed E-state index contributed by atoms with van der Waals surface area (Å²) in [5.41, 5.74) is 2.88. The summed E-state index contributed by atoms with van der Waals surface area (Å²) >= 11 is 0. The summed E-state index contributed by atoms with van der Waals surface area (Å²) in [5.74, 6) is 0.586. The molecule has 3 heteroatoms. The van der Waals surface area contributed by atoms with E-state index in [0.29, 0.717) is 22.3 Å². The van der Waals surface area contributed by atoms with Crippen LogP contribution in [0.3, 0.4) is 0 Å². The zero-order valence-corrected chi connectivity index (χ0v) is 14.3. The van der Waals surface area contributed by atoms with Crippen LogP contribution in [0, 0.1) is 0 Å². The minimum atomic E-state index is -0.119. The van der Waals surface area contributed by atoms with Gasteiger partial charge >= 0.3 is 0 Å². The molecule has 0 aliphatic carbocycles. The lowest BCUT2D eigenvalue weighted by Gasteiger charge is -2.15. The molecule has 1 atom stereocenters. The van der Waals surface area contributed by atoms with E-state index in [-0.39, 0.29) is 17.1 Å². The Hall–Kier alpha value is -3.33. The van der Waals surface area contributed by atoms with Gasteiger partial charge in [0.05, 0.1) is 5.39 Å². The second-order valence-electron chi connectivity index (χ2n) is 6.38. The Morgan fingerprint density at radius 2 is 1.54 bits per heavy atom. The average Bonchev–Trinajstić information content (AvgIpc) is 2.68. The molecule has 4 aromatic rings. The topological polar surface area (TPSA) is 50.4 Å². The number of fused-ring (bicyclic) bond motifs is 1. The molecule has 4 rings (SSSR count). The number of aromatic hydroxyl groups is 1. The smallest absolute Gasteiger partial charge is 0.193 e. The highest BCUT2D eigenvalue weighted by Gasteiger charge is 2.16. The fourth-order valence-electron chi connectivity index (χ4n) is 3.22. The minimum absolute atomic E-state index is 0.0335. The van der Waals surface area contributed by atoms with Crippen LogP contribution in [-0.4, -0.2) is 5.11 Å². The molecule has 0 saturated carbocycles. The van der Waals surface area contributed by atoms with Crippen molar-refractivity contribution in [2.75, 3.05) is 0 Å². The number of rotatable bonds is 3. The van der Waals surface area contributed by atoms with Crippen molar-refractivity contribution in [3.05, 3.63) is 100 Å². The molecular weight excluding hydrogens is 324 g/mol. The van der Waals surface area contributed by atoms with Gasteiger partial charge in [0.1, 0.15) is 17.1 Å². The fraction of sp³-hybridized carbons (Fsp3) is 0.0870. The zero-order valence-electron chi connectivity index (χ0n) is 14.3. The highest BCUT2D eigenvalue weighted by atomic mass is 16.3. The Morgan fingerprint density at radius 1 is 0.885 bits per heavy atom. The molecule has 1 N–H and O–H groups in total. The van der Waals surface area contributed by atoms with Crippen molar-refractivity contribution < 1.29 is 9.52 Å². The van der Waals surface area contributed by atoms with Crippen LogP contribution in [0.25, 0.3) is 22.3 Å². The quantitative estimate of drug-likeness (QED) is 0.548. The maximum absolute atomic E-state index is 12.7. The zero-order chi connectivity index (χ0) is 18.1. The van der Waals surface area contributed by atoms with Gasteiger partial charge in [-0.1, -0.05) is 67.6 Å². The molecule has 3 nitrogen and oxygen atoms in total. The third kappa shape index (κ3) is 2.88. The van der Waals surface area contributed by atoms with Gasteiger partial charge in [0.15, 0.2) is 5.43 Å². The maximum Gasteiger partial charge on any atom is 0.193 e. The van der Waals surface area contributed by atoms with Gasteiger partial charge in [0, 0.05) is 29.2 Å². The Morgan fingerprint density at radius 3 is 2.23 bits per heavy atom. The first-order valence-electron chi connectivity index (χ1n) is 8.54. The van der Waals surface area contributed by atoms with Crippen molar-refractivity contribution >= 4 is 11.0 Å². The second kappa shape index (κ2) is 6.52. The molecule has 128 valence electrons. The SMILES string of the molecule is CC(c1ccccc1)c1cc2c(=O)cc(-c3ccccc3)oc2cc1O. The van der Waals surface area contributed by atoms with E-state index in [1.54, 1.807) is 6.07 Å². The van der Waals surface area contributed by atoms with Crippen LogP contribution in [0.1, 0.15) is 24.0 Å². The molecule has 3 aromatic carbocycles. The summed E-state index contributed by atoms with van der Waals surface area (Å²) in [7, 11) is 0. The molecule has 0 aliphatic heterocycles. The van der Waals surface area contributed by atoms with Gasteiger partial charge in [-0.15, -0.1) is 0 Å². The maximum atomic E-state index is 12.7. The van der Waals surface area contributed by atoms with Gasteiger partial charge in [0.2, 0.25) is 0 Å². The van der Waals surface area contributed by atoms with Crippen LogP contribution in [0.2, 0.25) is 0 Å². The number of benzene rings is 3. The normalized spacial score (nSPS) is 12.2. The van der Waals surface area contributed by atoms with E-state index in [1.807, 2.05) is 67.6 Å². The lowest BCUT2D eigenvalue weighted by molar-refractivity contribution is 0.465. The van der Waals surface area contributed by atoms with Crippen LogP contribution < -0.4 is 5.43 Å². The summed E-state index contributed by atoms with van der Waals surface area (Å²) in [6, 6.07) is 24.1. The summed E-state index contributed by atoms with van der Waals surface area (Å²) in [6.45, 7) is 2.01. The first-order chi connectivity index (χ1) is 12.6. The molecule has 1 heterocycles. The Labute approximate surface area is 151 Å². The molecule has 0 saturated heterocycles. The largest absolute Gasteiger partial charge is 0.508 e. The number of hydrogen-bond acceptors (Lipinski definition) is 3. The fourth-order valence-corrected chi connectivity index (χ4v) is 3.22. The summed E-state index contributed by atoms with van der Waals surface area (Å²) in [6.07, 6.45) is 0. The summed E-state index contributed by atoms with van der Waals surface area (Å²) < 4.78 is 5.89. The molecule has 0 aliphatic rings. The van der Waals surface area contributed by atoms with Gasteiger partial charge in [-0.2, -0.15) is 0 Å². The standard InChI is InChI=1S/C23H18O3/c1-15(16-8-4-2-5-9-16)18-12-19-21(25)13-22(17-10-6-3-7-11-17)26-23(19)14-20(18)24/h2-15,24H,1H3. The molecule has 0 bridgehead atoms. The molecule has 0 amide bonds. The monoisotopic (exact) mass is 342 g/mol. The van der Waals surface area contributed by atoms with Crippen LogP contribution in [-0.2, 0) is 0 Å². The van der Waals surface area contributed by atoms with Crippen molar-refractivity contribution in [3.63, 3.8) is 0 Å². The van der Waals surface area contributed by atoms with Gasteiger partial charge in [-0.05, 0) is 11.6 Å². The van der Waals surface area contributed by atoms with Gasteiger partial charge in [0.25, 0.3) is 0 Å². The van der Waals surface area contributed by atoms with Crippen molar-refractivity contribution in [2.45, 2.75) is 12.8 Å². The van der Waals surface area contributed by atoms with E-state index in [2.05, 4.69) is 0 Å². The average molecular weight is 342 g/mol. The van der Waals surface area contributed by atoms with Crippen LogP contribution in [0.15, 0.2) is 88.1 Å². The van der Waals surface area contributed by atoms with Crippen molar-refractivity contribution in [1.82, 2.24) is 0 Å². The molecule has 1 aromatic heterocycles. The highest BCUT2D eigenvalue weighted by Crippen LogP contribution is 2.34. The molecule has 0 spiro atoms. The van der Waals surface area contributed by atoms with Crippen LogP contribution in [0.5, 0.6) is 5.75 Å². The van der Waals surface area contributed by atoms with Crippen molar-refractivity contribution in [2.24, 2.45) is 0 Å². The van der Waals surface area contributed by atoms with Crippen LogP contribution in [0.4, 0.5) is 0 Å². The lowest BCUT2D eigenvalue weighted by Crippen LogP contribution is -2.03. The lowest BCUT2D eigenvalue weighted by atomic mass is 9.91. The van der Waals surface area contributed by atoms with Crippen LogP contribution >= 0.6 is 0 Å². The third-order valence-electron chi connectivity index (χ3n) is 4.70. The van der Waals surface area contributed by atoms with Crippen molar-refractivity contribution in [1.29, 1.82) is 0 Å². The molecule has 0 radical (unpaired) electrons. The van der Waals surface area contributed by atoms with E-state index < -0.39 is 0 Å². The first-order valence-corrected chi connectivity index (χ1v) is 8.54. The molecular formula is C23H18O3. The predicted molar refractivity (Wildman–Crippen MR) is 104 cm³/mol. The van der Waals surface area contributed by atoms with E-state index in [4.69, 9.17) is 4.42 Å². The van der Waals surface area contributed by atoms with E-state index in [1.165, 1.54) is 12.1 Å². The van der Waals surface area contributed by atoms with E-state index >= 15 is 0 Å². The first kappa shape index (κ1) is 16.2. The Kier molecular flexibility index (Phi) is 4.05. The predicted octanol–water partition coefficient (Wildman–Crippen LogP) is 5.32. The Bertz CT molecular complexity index is 1110. The summed E-state index contributed by atoms with van der Waals surface area (Å²) in [5, 5.41) is 11.0. The van der Waals surface area contributed by atoms with E-state index in [0.717, 1.165) is 11.1 Å². The number of phenols is 1. The molecule has 1 unspecified atom stereocenters. The number of hydrogen-bond donors (Lipinski definition) is 1. The van der Waals surface area contributed by atoms with E-state index in [9.17, 15) is 9.90 Å². The molecule has 26 heavy (non-hydrogen) atoms. The van der Waals surface area contributed by atoms with Crippen molar-refractivity contribution in [3.8, 4) is 17.1 Å². The summed E-state index contributed by atoms with van der Waals surface area (Å²) in [4.78, 5) is 12.7.